The van der Waals surface area contributed by atoms with Gasteiger partial charge < -0.3 is 9.73 Å². The van der Waals surface area contributed by atoms with Crippen molar-refractivity contribution >= 4 is 11.0 Å². The van der Waals surface area contributed by atoms with Crippen LogP contribution in [0.25, 0.3) is 11.0 Å². The summed E-state index contributed by atoms with van der Waals surface area (Å²) in [5.74, 6) is 1.51. The Balaban J connectivity index is 1.66. The van der Waals surface area contributed by atoms with E-state index < -0.39 is 0 Å². The Kier molecular flexibility index (Phi) is 4.07. The monoisotopic (exact) mass is 279 g/mol. The Labute approximate surface area is 125 Å². The van der Waals surface area contributed by atoms with E-state index in [1.165, 1.54) is 16.5 Å². The molecule has 2 nitrogen and oxygen atoms in total. The summed E-state index contributed by atoms with van der Waals surface area (Å²) in [5.41, 5.74) is 3.62. The maximum atomic E-state index is 5.80. The molecule has 3 aromatic rings. The highest BCUT2D eigenvalue weighted by Crippen LogP contribution is 2.25. The predicted molar refractivity (Wildman–Crippen MR) is 87.5 cm³/mol. The van der Waals surface area contributed by atoms with E-state index in [2.05, 4.69) is 54.7 Å². The highest BCUT2D eigenvalue weighted by Gasteiger charge is 2.10. The fraction of sp³-hybridized carbons (Fsp3) is 0.263. The van der Waals surface area contributed by atoms with Gasteiger partial charge in [-0.1, -0.05) is 55.5 Å². The Bertz CT molecular complexity index is 715. The van der Waals surface area contributed by atoms with E-state index in [0.29, 0.717) is 5.92 Å². The first kappa shape index (κ1) is 13.9. The van der Waals surface area contributed by atoms with Crippen LogP contribution in [0.15, 0.2) is 59.0 Å². The van der Waals surface area contributed by atoms with Gasteiger partial charge in [-0.2, -0.15) is 0 Å². The molecule has 0 aliphatic rings. The lowest BCUT2D eigenvalue weighted by Crippen LogP contribution is -2.19. The zero-order valence-corrected chi connectivity index (χ0v) is 12.6. The molecule has 108 valence electrons. The second-order valence-corrected chi connectivity index (χ2v) is 5.58. The number of hydrogen-bond acceptors (Lipinski definition) is 2. The van der Waals surface area contributed by atoms with Gasteiger partial charge in [-0.3, -0.25) is 0 Å². The number of nitrogens with one attached hydrogen (secondary N) is 1. The Morgan fingerprint density at radius 3 is 2.52 bits per heavy atom. The van der Waals surface area contributed by atoms with Gasteiger partial charge in [-0.25, -0.2) is 0 Å². The van der Waals surface area contributed by atoms with Crippen molar-refractivity contribution in [3.05, 3.63) is 71.5 Å². The number of hydrogen-bond donors (Lipinski definition) is 1. The topological polar surface area (TPSA) is 25.2 Å². The zero-order chi connectivity index (χ0) is 14.7. The number of furan rings is 1. The van der Waals surface area contributed by atoms with E-state index in [1.54, 1.807) is 0 Å². The number of fused-ring (bicyclic) bond motifs is 1. The van der Waals surface area contributed by atoms with Crippen LogP contribution in [0, 0.1) is 6.92 Å². The number of para-hydroxylation sites is 1. The highest BCUT2D eigenvalue weighted by molar-refractivity contribution is 5.82. The van der Waals surface area contributed by atoms with Gasteiger partial charge in [0.15, 0.2) is 0 Å². The van der Waals surface area contributed by atoms with Crippen molar-refractivity contribution in [2.24, 2.45) is 0 Å². The molecule has 0 fully saturated rings. The summed E-state index contributed by atoms with van der Waals surface area (Å²) >= 11 is 0. The third-order valence-corrected chi connectivity index (χ3v) is 4.02. The van der Waals surface area contributed by atoms with Crippen molar-refractivity contribution in [2.45, 2.75) is 26.3 Å². The van der Waals surface area contributed by atoms with E-state index in [4.69, 9.17) is 4.42 Å². The lowest BCUT2D eigenvalue weighted by Gasteiger charge is -2.13. The molecule has 1 heterocycles. The van der Waals surface area contributed by atoms with Crippen molar-refractivity contribution in [1.29, 1.82) is 0 Å². The molecule has 0 bridgehead atoms. The minimum absolute atomic E-state index is 0.504. The summed E-state index contributed by atoms with van der Waals surface area (Å²) in [5, 5.41) is 4.78. The van der Waals surface area contributed by atoms with Crippen molar-refractivity contribution < 1.29 is 4.42 Å². The average Bonchev–Trinajstić information content (AvgIpc) is 2.84. The van der Waals surface area contributed by atoms with Gasteiger partial charge in [0, 0.05) is 24.0 Å². The SMILES string of the molecule is Cc1oc2ccccc2c1CNCC(C)c1ccccc1. The Morgan fingerprint density at radius 1 is 1.00 bits per heavy atom. The molecule has 0 aliphatic heterocycles. The summed E-state index contributed by atoms with van der Waals surface area (Å²) in [6.07, 6.45) is 0. The lowest BCUT2D eigenvalue weighted by molar-refractivity contribution is 0.559. The summed E-state index contributed by atoms with van der Waals surface area (Å²) < 4.78 is 5.80. The summed E-state index contributed by atoms with van der Waals surface area (Å²) in [6.45, 7) is 6.10. The third-order valence-electron chi connectivity index (χ3n) is 4.02. The smallest absolute Gasteiger partial charge is 0.134 e. The van der Waals surface area contributed by atoms with Crippen LogP contribution in [-0.4, -0.2) is 6.54 Å². The fourth-order valence-corrected chi connectivity index (χ4v) is 2.75. The third kappa shape index (κ3) is 3.01. The molecular weight excluding hydrogens is 258 g/mol. The van der Waals surface area contributed by atoms with E-state index >= 15 is 0 Å². The molecular formula is C19H21NO. The highest BCUT2D eigenvalue weighted by atomic mass is 16.3. The first-order valence-electron chi connectivity index (χ1n) is 7.48. The molecule has 1 N–H and O–H groups in total. The maximum absolute atomic E-state index is 5.80. The van der Waals surface area contributed by atoms with Crippen molar-refractivity contribution in [1.82, 2.24) is 5.32 Å². The molecule has 0 saturated carbocycles. The first-order chi connectivity index (χ1) is 10.3. The van der Waals surface area contributed by atoms with Crippen LogP contribution in [0.5, 0.6) is 0 Å². The summed E-state index contributed by atoms with van der Waals surface area (Å²) in [7, 11) is 0. The normalized spacial score (nSPS) is 12.7. The van der Waals surface area contributed by atoms with Gasteiger partial charge in [0.1, 0.15) is 11.3 Å². The standard InChI is InChI=1S/C19H21NO/c1-14(16-8-4-3-5-9-16)12-20-13-18-15(2)21-19-11-7-6-10-17(18)19/h3-11,14,20H,12-13H2,1-2H3. The second-order valence-electron chi connectivity index (χ2n) is 5.58. The Morgan fingerprint density at radius 2 is 1.71 bits per heavy atom. The number of aryl methyl sites for hydroxylation is 1. The van der Waals surface area contributed by atoms with Crippen LogP contribution in [0.2, 0.25) is 0 Å². The second kappa shape index (κ2) is 6.15. The maximum Gasteiger partial charge on any atom is 0.134 e. The molecule has 1 atom stereocenters. The molecule has 2 heteroatoms. The quantitative estimate of drug-likeness (QED) is 0.736. The van der Waals surface area contributed by atoms with Crippen LogP contribution >= 0.6 is 0 Å². The predicted octanol–water partition coefficient (Wildman–Crippen LogP) is 4.63. The minimum atomic E-state index is 0.504. The van der Waals surface area contributed by atoms with Crippen LogP contribution in [0.4, 0.5) is 0 Å². The molecule has 1 aromatic heterocycles. The van der Waals surface area contributed by atoms with Crippen LogP contribution in [0.3, 0.4) is 0 Å². The minimum Gasteiger partial charge on any atom is -0.461 e. The van der Waals surface area contributed by atoms with Crippen LogP contribution < -0.4 is 5.32 Å². The van der Waals surface area contributed by atoms with E-state index in [-0.39, 0.29) is 0 Å². The van der Waals surface area contributed by atoms with Crippen molar-refractivity contribution in [3.8, 4) is 0 Å². The molecule has 0 aliphatic carbocycles. The number of rotatable bonds is 5. The molecule has 0 radical (unpaired) electrons. The zero-order valence-electron chi connectivity index (χ0n) is 12.6. The van der Waals surface area contributed by atoms with Gasteiger partial charge in [-0.15, -0.1) is 0 Å². The summed E-state index contributed by atoms with van der Waals surface area (Å²) in [4.78, 5) is 0. The molecule has 3 rings (SSSR count). The average molecular weight is 279 g/mol. The van der Waals surface area contributed by atoms with E-state index in [1.807, 2.05) is 19.1 Å². The molecule has 0 saturated heterocycles. The van der Waals surface area contributed by atoms with E-state index in [0.717, 1.165) is 24.4 Å². The molecule has 2 aromatic carbocycles. The number of benzene rings is 2. The molecule has 21 heavy (non-hydrogen) atoms. The molecule has 0 amide bonds. The summed E-state index contributed by atoms with van der Waals surface area (Å²) in [6, 6.07) is 18.9. The molecule has 0 spiro atoms. The van der Waals surface area contributed by atoms with Gasteiger partial charge in [0.2, 0.25) is 0 Å². The van der Waals surface area contributed by atoms with Crippen molar-refractivity contribution in [2.75, 3.05) is 6.54 Å². The van der Waals surface area contributed by atoms with Crippen molar-refractivity contribution in [3.63, 3.8) is 0 Å². The van der Waals surface area contributed by atoms with Gasteiger partial charge in [0.25, 0.3) is 0 Å². The largest absolute Gasteiger partial charge is 0.461 e. The first-order valence-corrected chi connectivity index (χ1v) is 7.48. The van der Waals surface area contributed by atoms with Gasteiger partial charge in [-0.05, 0) is 24.5 Å². The van der Waals surface area contributed by atoms with Crippen LogP contribution in [-0.2, 0) is 6.54 Å². The molecule has 1 unspecified atom stereocenters. The van der Waals surface area contributed by atoms with E-state index in [9.17, 15) is 0 Å². The van der Waals surface area contributed by atoms with Gasteiger partial charge in [0.05, 0.1) is 0 Å². The fourth-order valence-electron chi connectivity index (χ4n) is 2.75. The lowest BCUT2D eigenvalue weighted by atomic mass is 10.0. The van der Waals surface area contributed by atoms with Crippen LogP contribution in [0.1, 0.15) is 29.7 Å². The van der Waals surface area contributed by atoms with Gasteiger partial charge >= 0.3 is 0 Å². The Hall–Kier alpha value is -2.06.